The maximum Gasteiger partial charge on any atom is 0.251 e. The highest BCUT2D eigenvalue weighted by molar-refractivity contribution is 6.97. The highest BCUT2D eigenvalue weighted by Crippen LogP contribution is 2.53. The van der Waals surface area contributed by atoms with Crippen LogP contribution in [0.3, 0.4) is 0 Å². The fraction of sp³-hybridized carbons (Fsp3) is 0.400. The molecule has 0 radical (unpaired) electrons. The van der Waals surface area contributed by atoms with E-state index in [2.05, 4.69) is 193 Å². The Morgan fingerprint density at radius 1 is 0.566 bits per heavy atom. The Kier molecular flexibility index (Phi) is 9.07. The Morgan fingerprint density at radius 2 is 1.08 bits per heavy atom. The first-order chi connectivity index (χ1) is 24.8. The lowest BCUT2D eigenvalue weighted by atomic mass is 9.34. The van der Waals surface area contributed by atoms with Crippen molar-refractivity contribution in [3.8, 4) is 11.5 Å². The predicted molar refractivity (Wildman–Crippen MR) is 231 cm³/mol. The van der Waals surface area contributed by atoms with Crippen molar-refractivity contribution in [1.29, 1.82) is 0 Å². The van der Waals surface area contributed by atoms with Gasteiger partial charge in [0, 0.05) is 17.2 Å². The Balaban J connectivity index is 1.48. The van der Waals surface area contributed by atoms with E-state index in [0.29, 0.717) is 17.8 Å². The van der Waals surface area contributed by atoms with Crippen LogP contribution in [0.1, 0.15) is 154 Å². The number of benzene rings is 5. The average Bonchev–Trinajstić information content (AvgIpc) is 3.09. The smallest absolute Gasteiger partial charge is 0.251 e. The number of fused-ring (bicyclic) bond motifs is 4. The summed E-state index contributed by atoms with van der Waals surface area (Å²) in [4.78, 5) is 2.49. The summed E-state index contributed by atoms with van der Waals surface area (Å²) in [6.07, 6.45) is 0. The molecule has 53 heavy (non-hydrogen) atoms. The minimum Gasteiger partial charge on any atom is -0.458 e. The molecule has 5 aromatic rings. The van der Waals surface area contributed by atoms with Crippen molar-refractivity contribution in [2.45, 2.75) is 131 Å². The molecule has 0 atom stereocenters. The lowest BCUT2D eigenvalue weighted by molar-refractivity contribution is 0.487. The van der Waals surface area contributed by atoms with Gasteiger partial charge in [-0.2, -0.15) is 0 Å². The zero-order valence-corrected chi connectivity index (χ0v) is 34.8. The van der Waals surface area contributed by atoms with Gasteiger partial charge in [0.05, 0.1) is 11.4 Å². The van der Waals surface area contributed by atoms with E-state index >= 15 is 0 Å². The summed E-state index contributed by atoms with van der Waals surface area (Å²) < 4.78 is 6.94. The zero-order valence-electron chi connectivity index (χ0n) is 34.8. The van der Waals surface area contributed by atoms with Crippen LogP contribution < -0.4 is 26.0 Å². The molecule has 0 amide bonds. The van der Waals surface area contributed by atoms with Crippen LogP contribution in [-0.2, 0) is 16.2 Å². The molecular formula is C50H60BNO. The van der Waals surface area contributed by atoms with Crippen LogP contribution in [0.2, 0.25) is 0 Å². The quantitative estimate of drug-likeness (QED) is 0.166. The van der Waals surface area contributed by atoms with Gasteiger partial charge in [-0.05, 0) is 103 Å². The van der Waals surface area contributed by atoms with Crippen LogP contribution in [0.5, 0.6) is 11.5 Å². The van der Waals surface area contributed by atoms with Gasteiger partial charge in [0.1, 0.15) is 11.5 Å². The van der Waals surface area contributed by atoms with Gasteiger partial charge in [0.25, 0.3) is 6.71 Å². The van der Waals surface area contributed by atoms with Crippen molar-refractivity contribution < 1.29 is 4.74 Å². The molecule has 0 saturated carbocycles. The number of anilines is 3. The van der Waals surface area contributed by atoms with Gasteiger partial charge in [-0.1, -0.05) is 163 Å². The van der Waals surface area contributed by atoms with Crippen molar-refractivity contribution in [3.05, 3.63) is 130 Å². The summed E-state index contributed by atoms with van der Waals surface area (Å²) in [5.74, 6) is 3.13. The normalized spacial score (nSPS) is 15.0. The molecular weight excluding hydrogens is 641 g/mol. The van der Waals surface area contributed by atoms with Gasteiger partial charge in [-0.3, -0.25) is 0 Å². The second kappa shape index (κ2) is 13.0. The van der Waals surface area contributed by atoms with Crippen molar-refractivity contribution in [3.63, 3.8) is 0 Å². The summed E-state index contributed by atoms with van der Waals surface area (Å²) in [5.41, 5.74) is 17.2. The van der Waals surface area contributed by atoms with Crippen LogP contribution in [0.15, 0.2) is 91.0 Å². The van der Waals surface area contributed by atoms with Crippen molar-refractivity contribution in [1.82, 2.24) is 0 Å². The van der Waals surface area contributed by atoms with Crippen LogP contribution in [0, 0.1) is 0 Å². The summed E-state index contributed by atoms with van der Waals surface area (Å²) in [6.45, 7) is 32.8. The Bertz CT molecular complexity index is 2110. The maximum absolute atomic E-state index is 6.94. The van der Waals surface area contributed by atoms with Crippen LogP contribution >= 0.6 is 0 Å². The largest absolute Gasteiger partial charge is 0.458 e. The van der Waals surface area contributed by atoms with Crippen LogP contribution in [0.4, 0.5) is 17.1 Å². The molecule has 0 saturated heterocycles. The second-order valence-corrected chi connectivity index (χ2v) is 19.3. The molecule has 274 valence electrons. The first-order valence-corrected chi connectivity index (χ1v) is 20.0. The van der Waals surface area contributed by atoms with Crippen molar-refractivity contribution >= 4 is 40.2 Å². The standard InChI is InChI=1S/C50H60BNO/c1-30(2)33-25-37(31(3)4)47(38(26-33)32(5)6)51-41-17-15-16-18-45(41)53-46-29-36(21-22-42(46)51)52-43-23-19-34(48(7,8)9)27-39(43)50(13,14)40-28-35(49(10,11)12)20-24-44(40)52/h15-32H,1-14H3. The molecule has 0 fully saturated rings. The number of hydrogen-bond acceptors (Lipinski definition) is 2. The number of ether oxygens (including phenoxy) is 1. The average molecular weight is 702 g/mol. The topological polar surface area (TPSA) is 12.5 Å². The van der Waals surface area contributed by atoms with Gasteiger partial charge >= 0.3 is 0 Å². The summed E-state index contributed by atoms with van der Waals surface area (Å²) >= 11 is 0. The minimum absolute atomic E-state index is 0.0442. The predicted octanol–water partition coefficient (Wildman–Crippen LogP) is 12.4. The molecule has 0 aliphatic carbocycles. The number of rotatable bonds is 5. The van der Waals surface area contributed by atoms with E-state index in [-0.39, 0.29) is 23.0 Å². The minimum atomic E-state index is -0.179. The second-order valence-electron chi connectivity index (χ2n) is 19.3. The van der Waals surface area contributed by atoms with Gasteiger partial charge < -0.3 is 9.64 Å². The van der Waals surface area contributed by atoms with Crippen molar-refractivity contribution in [2.75, 3.05) is 4.90 Å². The fourth-order valence-corrected chi connectivity index (χ4v) is 8.69. The first-order valence-electron chi connectivity index (χ1n) is 20.0. The molecule has 2 aliphatic heterocycles. The van der Waals surface area contributed by atoms with Gasteiger partial charge in [0.2, 0.25) is 0 Å². The van der Waals surface area contributed by atoms with Crippen LogP contribution in [0.25, 0.3) is 0 Å². The van der Waals surface area contributed by atoms with E-state index in [9.17, 15) is 0 Å². The van der Waals surface area contributed by atoms with E-state index in [4.69, 9.17) is 4.74 Å². The summed E-state index contributed by atoms with van der Waals surface area (Å²) in [7, 11) is 0. The lowest BCUT2D eigenvalue weighted by Crippen LogP contribution is -2.57. The number of nitrogens with zero attached hydrogens (tertiary/aromatic N) is 1. The monoisotopic (exact) mass is 701 g/mol. The highest BCUT2D eigenvalue weighted by atomic mass is 16.5. The third-order valence-corrected chi connectivity index (χ3v) is 12.0. The number of para-hydroxylation sites is 1. The third-order valence-electron chi connectivity index (χ3n) is 12.0. The third kappa shape index (κ3) is 6.32. The molecule has 0 unspecified atom stereocenters. The zero-order chi connectivity index (χ0) is 38.4. The molecule has 0 spiro atoms. The molecule has 2 aliphatic rings. The molecule has 2 nitrogen and oxygen atoms in total. The summed E-state index contributed by atoms with van der Waals surface area (Å²) in [6, 6.07) is 35.0. The molecule has 3 heteroatoms. The molecule has 0 bridgehead atoms. The molecule has 5 aromatic carbocycles. The van der Waals surface area contributed by atoms with E-state index in [1.54, 1.807) is 0 Å². The van der Waals surface area contributed by atoms with E-state index in [1.807, 2.05) is 0 Å². The van der Waals surface area contributed by atoms with Gasteiger partial charge in [-0.15, -0.1) is 0 Å². The first kappa shape index (κ1) is 37.1. The Hall–Kier alpha value is -4.24. The highest BCUT2D eigenvalue weighted by Gasteiger charge is 2.40. The van der Waals surface area contributed by atoms with E-state index in [1.165, 1.54) is 66.7 Å². The van der Waals surface area contributed by atoms with Gasteiger partial charge in [0.15, 0.2) is 0 Å². The Labute approximate surface area is 321 Å². The molecule has 2 heterocycles. The van der Waals surface area contributed by atoms with E-state index < -0.39 is 0 Å². The van der Waals surface area contributed by atoms with Crippen molar-refractivity contribution in [2.24, 2.45) is 0 Å². The van der Waals surface area contributed by atoms with Crippen LogP contribution in [-0.4, -0.2) is 6.71 Å². The lowest BCUT2D eigenvalue weighted by Gasteiger charge is -2.43. The SMILES string of the molecule is CC(C)c1cc(C(C)C)c(B2c3ccccc3Oc3cc(N4c5ccc(C(C)(C)C)cc5C(C)(C)c5cc(C(C)(C)C)ccc54)ccc32)c(C(C)C)c1. The molecule has 0 aromatic heterocycles. The maximum atomic E-state index is 6.94. The Morgan fingerprint density at radius 3 is 1.57 bits per heavy atom. The molecule has 0 N–H and O–H groups in total. The van der Waals surface area contributed by atoms with E-state index in [0.717, 1.165) is 17.2 Å². The number of hydrogen-bond donors (Lipinski definition) is 0. The molecule has 7 rings (SSSR count). The van der Waals surface area contributed by atoms with Gasteiger partial charge in [-0.25, -0.2) is 0 Å². The summed E-state index contributed by atoms with van der Waals surface area (Å²) in [5, 5.41) is 0. The fourth-order valence-electron chi connectivity index (χ4n) is 8.69.